The van der Waals surface area contributed by atoms with Crippen LogP contribution in [0.3, 0.4) is 0 Å². The van der Waals surface area contributed by atoms with Crippen molar-refractivity contribution in [3.05, 3.63) is 12.3 Å². The minimum atomic E-state index is -0.513. The minimum absolute atomic E-state index is 0.218. The highest BCUT2D eigenvalue weighted by Gasteiger charge is 2.15. The maximum atomic E-state index is 9.85. The Hall–Kier alpha value is -1.07. The largest absolute Gasteiger partial charge is 0.389 e. The first-order chi connectivity index (χ1) is 7.78. The zero-order valence-electron chi connectivity index (χ0n) is 11.3. The van der Waals surface area contributed by atoms with Gasteiger partial charge in [0.15, 0.2) is 0 Å². The second kappa shape index (κ2) is 5.51. The average Bonchev–Trinajstić information content (AvgIpc) is 2.61. The van der Waals surface area contributed by atoms with Crippen molar-refractivity contribution in [2.45, 2.75) is 32.5 Å². The summed E-state index contributed by atoms with van der Waals surface area (Å²) in [6.07, 6.45) is 1.37. The lowest BCUT2D eigenvalue weighted by Gasteiger charge is -2.24. The van der Waals surface area contributed by atoms with E-state index in [2.05, 4.69) is 5.10 Å². The molecule has 0 amide bonds. The van der Waals surface area contributed by atoms with Gasteiger partial charge in [0.1, 0.15) is 5.82 Å². The standard InChI is InChI=1S/C12H23N3O2/c1-12(2,3)17-9-10(16)8-14(4)11-6-7-15(5)13-11/h6-7,10,16H,8-9H2,1-5H3/t10-/m1/s1. The highest BCUT2D eigenvalue weighted by Crippen LogP contribution is 2.10. The van der Waals surface area contributed by atoms with Gasteiger partial charge in [-0.25, -0.2) is 0 Å². The summed E-state index contributed by atoms with van der Waals surface area (Å²) < 4.78 is 7.27. The minimum Gasteiger partial charge on any atom is -0.389 e. The van der Waals surface area contributed by atoms with Crippen LogP contribution in [-0.2, 0) is 11.8 Å². The molecule has 1 aromatic heterocycles. The molecule has 1 heterocycles. The number of ether oxygens (including phenoxy) is 1. The normalized spacial score (nSPS) is 13.8. The summed E-state index contributed by atoms with van der Waals surface area (Å²) in [4.78, 5) is 1.91. The Bertz CT molecular complexity index is 344. The Labute approximate surface area is 103 Å². The van der Waals surface area contributed by atoms with Gasteiger partial charge in [0, 0.05) is 32.9 Å². The highest BCUT2D eigenvalue weighted by atomic mass is 16.5. The molecule has 0 aliphatic heterocycles. The van der Waals surface area contributed by atoms with Crippen LogP contribution in [0.2, 0.25) is 0 Å². The lowest BCUT2D eigenvalue weighted by Crippen LogP contribution is -2.35. The fourth-order valence-corrected chi connectivity index (χ4v) is 1.41. The molecule has 5 heteroatoms. The molecular weight excluding hydrogens is 218 g/mol. The molecule has 1 N–H and O–H groups in total. The van der Waals surface area contributed by atoms with E-state index in [0.29, 0.717) is 13.2 Å². The number of aromatic nitrogens is 2. The Kier molecular flexibility index (Phi) is 4.54. The van der Waals surface area contributed by atoms with E-state index in [4.69, 9.17) is 4.74 Å². The van der Waals surface area contributed by atoms with Crippen molar-refractivity contribution in [1.82, 2.24) is 9.78 Å². The predicted octanol–water partition coefficient (Wildman–Crippen LogP) is 1.03. The van der Waals surface area contributed by atoms with E-state index in [0.717, 1.165) is 5.82 Å². The lowest BCUT2D eigenvalue weighted by atomic mass is 10.2. The number of nitrogens with zero attached hydrogens (tertiary/aromatic N) is 3. The van der Waals surface area contributed by atoms with Crippen molar-refractivity contribution in [1.29, 1.82) is 0 Å². The number of anilines is 1. The maximum absolute atomic E-state index is 9.85. The Morgan fingerprint density at radius 1 is 1.53 bits per heavy atom. The SMILES string of the molecule is CN(C[C@@H](O)COC(C)(C)C)c1ccn(C)n1. The zero-order chi connectivity index (χ0) is 13.1. The molecule has 0 fully saturated rings. The van der Waals surface area contributed by atoms with Gasteiger partial charge in [-0.15, -0.1) is 0 Å². The van der Waals surface area contributed by atoms with E-state index in [1.807, 2.05) is 52.0 Å². The van der Waals surface area contributed by atoms with Crippen LogP contribution in [0.25, 0.3) is 0 Å². The van der Waals surface area contributed by atoms with Crippen LogP contribution in [0.4, 0.5) is 5.82 Å². The van der Waals surface area contributed by atoms with Crippen molar-refractivity contribution in [3.63, 3.8) is 0 Å². The first-order valence-electron chi connectivity index (χ1n) is 5.81. The number of aliphatic hydroxyl groups is 1. The fourth-order valence-electron chi connectivity index (χ4n) is 1.41. The van der Waals surface area contributed by atoms with E-state index < -0.39 is 6.10 Å². The van der Waals surface area contributed by atoms with Gasteiger partial charge in [-0.3, -0.25) is 4.68 Å². The Morgan fingerprint density at radius 2 is 2.18 bits per heavy atom. The van der Waals surface area contributed by atoms with Gasteiger partial charge in [-0.2, -0.15) is 5.10 Å². The average molecular weight is 241 g/mol. The van der Waals surface area contributed by atoms with Crippen LogP contribution >= 0.6 is 0 Å². The fraction of sp³-hybridized carbons (Fsp3) is 0.750. The molecule has 1 aromatic rings. The molecule has 5 nitrogen and oxygen atoms in total. The topological polar surface area (TPSA) is 50.5 Å². The molecule has 0 saturated carbocycles. The van der Waals surface area contributed by atoms with Crippen LogP contribution in [0.15, 0.2) is 12.3 Å². The van der Waals surface area contributed by atoms with E-state index in [9.17, 15) is 5.11 Å². The molecule has 98 valence electrons. The molecule has 1 rings (SSSR count). The van der Waals surface area contributed by atoms with Gasteiger partial charge >= 0.3 is 0 Å². The Morgan fingerprint density at radius 3 is 2.65 bits per heavy atom. The molecule has 0 spiro atoms. The van der Waals surface area contributed by atoms with Crippen LogP contribution in [0.5, 0.6) is 0 Å². The molecule has 17 heavy (non-hydrogen) atoms. The quantitative estimate of drug-likeness (QED) is 0.836. The molecule has 0 aliphatic rings. The summed E-state index contributed by atoms with van der Waals surface area (Å²) in [5.41, 5.74) is -0.218. The van der Waals surface area contributed by atoms with Crippen molar-refractivity contribution in [2.75, 3.05) is 25.1 Å². The Balaban J connectivity index is 2.38. The second-order valence-corrected chi connectivity index (χ2v) is 5.31. The van der Waals surface area contributed by atoms with Crippen LogP contribution in [0, 0.1) is 0 Å². The van der Waals surface area contributed by atoms with Crippen LogP contribution in [-0.4, -0.2) is 46.8 Å². The van der Waals surface area contributed by atoms with E-state index in [-0.39, 0.29) is 5.60 Å². The molecule has 0 bridgehead atoms. The lowest BCUT2D eigenvalue weighted by molar-refractivity contribution is -0.0461. The van der Waals surface area contributed by atoms with Crippen molar-refractivity contribution >= 4 is 5.82 Å². The molecule has 0 saturated heterocycles. The summed E-state index contributed by atoms with van der Waals surface area (Å²) in [5, 5.41) is 14.1. The number of rotatable bonds is 5. The second-order valence-electron chi connectivity index (χ2n) is 5.31. The van der Waals surface area contributed by atoms with Gasteiger partial charge in [0.2, 0.25) is 0 Å². The van der Waals surface area contributed by atoms with E-state index in [1.54, 1.807) is 4.68 Å². The van der Waals surface area contributed by atoms with Crippen LogP contribution in [0.1, 0.15) is 20.8 Å². The van der Waals surface area contributed by atoms with Gasteiger partial charge < -0.3 is 14.7 Å². The number of hydrogen-bond donors (Lipinski definition) is 1. The monoisotopic (exact) mass is 241 g/mol. The van der Waals surface area contributed by atoms with Gasteiger partial charge in [-0.1, -0.05) is 0 Å². The highest BCUT2D eigenvalue weighted by molar-refractivity contribution is 5.35. The molecule has 1 atom stereocenters. The van der Waals surface area contributed by atoms with E-state index >= 15 is 0 Å². The predicted molar refractivity (Wildman–Crippen MR) is 68.2 cm³/mol. The number of likely N-dealkylation sites (N-methyl/N-ethyl adjacent to an activating group) is 1. The third-order valence-corrected chi connectivity index (χ3v) is 2.28. The maximum Gasteiger partial charge on any atom is 0.150 e. The molecular formula is C12H23N3O2. The third-order valence-electron chi connectivity index (χ3n) is 2.28. The molecule has 0 aliphatic carbocycles. The number of aryl methyl sites for hydroxylation is 1. The summed E-state index contributed by atoms with van der Waals surface area (Å²) in [6.45, 7) is 6.76. The van der Waals surface area contributed by atoms with E-state index in [1.165, 1.54) is 0 Å². The number of hydrogen-bond acceptors (Lipinski definition) is 4. The summed E-state index contributed by atoms with van der Waals surface area (Å²) >= 11 is 0. The van der Waals surface area contributed by atoms with Gasteiger partial charge in [-0.05, 0) is 20.8 Å². The zero-order valence-corrected chi connectivity index (χ0v) is 11.3. The van der Waals surface area contributed by atoms with Crippen molar-refractivity contribution < 1.29 is 9.84 Å². The molecule has 0 radical (unpaired) electrons. The number of aliphatic hydroxyl groups excluding tert-OH is 1. The van der Waals surface area contributed by atoms with Gasteiger partial charge in [0.25, 0.3) is 0 Å². The summed E-state index contributed by atoms with van der Waals surface area (Å²) in [5.74, 6) is 0.849. The third kappa shape index (κ3) is 5.19. The van der Waals surface area contributed by atoms with Crippen molar-refractivity contribution in [3.8, 4) is 0 Å². The smallest absolute Gasteiger partial charge is 0.150 e. The summed E-state index contributed by atoms with van der Waals surface area (Å²) in [6, 6.07) is 1.91. The molecule has 0 aromatic carbocycles. The first-order valence-corrected chi connectivity index (χ1v) is 5.81. The van der Waals surface area contributed by atoms with Crippen LogP contribution < -0.4 is 4.90 Å². The summed E-state index contributed by atoms with van der Waals surface area (Å²) in [7, 11) is 3.78. The van der Waals surface area contributed by atoms with Crippen molar-refractivity contribution in [2.24, 2.45) is 7.05 Å². The van der Waals surface area contributed by atoms with Gasteiger partial charge in [0.05, 0.1) is 18.3 Å². The first kappa shape index (κ1) is 14.0. The molecule has 0 unspecified atom stereocenters.